The second-order valence-corrected chi connectivity index (χ2v) is 9.10. The van der Waals surface area contributed by atoms with E-state index in [-0.39, 0.29) is 6.79 Å². The second kappa shape index (κ2) is 7.39. The Kier molecular flexibility index (Phi) is 4.75. The van der Waals surface area contributed by atoms with Crippen molar-refractivity contribution in [3.8, 4) is 11.5 Å². The van der Waals surface area contributed by atoms with E-state index in [2.05, 4.69) is 16.0 Å². The number of benzene rings is 1. The minimum absolute atomic E-state index is 0.265. The van der Waals surface area contributed by atoms with E-state index in [1.54, 1.807) is 11.3 Å². The quantitative estimate of drug-likeness (QED) is 0.765. The average Bonchev–Trinajstić information content (AvgIpc) is 3.45. The zero-order chi connectivity index (χ0) is 19.0. The van der Waals surface area contributed by atoms with Gasteiger partial charge in [-0.3, -0.25) is 4.79 Å². The van der Waals surface area contributed by atoms with Crippen molar-refractivity contribution in [1.29, 1.82) is 0 Å². The van der Waals surface area contributed by atoms with E-state index in [1.807, 2.05) is 23.7 Å². The van der Waals surface area contributed by atoms with Crippen molar-refractivity contribution < 1.29 is 14.3 Å². The van der Waals surface area contributed by atoms with Gasteiger partial charge >= 0.3 is 0 Å². The van der Waals surface area contributed by atoms with E-state index in [0.717, 1.165) is 68.7 Å². The number of fused-ring (bicyclic) bond motifs is 1. The smallest absolute Gasteiger partial charge is 0.233 e. The molecule has 1 atom stereocenters. The predicted octanol–water partition coefficient (Wildman–Crippen LogP) is 4.48. The van der Waals surface area contributed by atoms with Crippen LogP contribution in [0.4, 0.5) is 0 Å². The summed E-state index contributed by atoms with van der Waals surface area (Å²) < 4.78 is 11.1. The van der Waals surface area contributed by atoms with Crippen molar-refractivity contribution in [2.75, 3.05) is 19.9 Å². The monoisotopic (exact) mass is 398 g/mol. The van der Waals surface area contributed by atoms with Gasteiger partial charge in [0.05, 0.1) is 10.4 Å². The number of hydrogen-bond acceptors (Lipinski definition) is 5. The number of rotatable bonds is 3. The van der Waals surface area contributed by atoms with E-state index in [0.29, 0.717) is 11.8 Å². The van der Waals surface area contributed by atoms with E-state index in [9.17, 15) is 4.79 Å². The number of likely N-dealkylation sites (tertiary alicyclic amines) is 1. The summed E-state index contributed by atoms with van der Waals surface area (Å²) in [4.78, 5) is 20.6. The number of carbonyl (C=O) groups is 1. The lowest BCUT2D eigenvalue weighted by molar-refractivity contribution is -0.140. The summed E-state index contributed by atoms with van der Waals surface area (Å²) in [7, 11) is 0. The van der Waals surface area contributed by atoms with Gasteiger partial charge in [-0.2, -0.15) is 0 Å². The van der Waals surface area contributed by atoms with Gasteiger partial charge in [-0.05, 0) is 43.4 Å². The normalized spacial score (nSPS) is 23.6. The highest BCUT2D eigenvalue weighted by atomic mass is 32.1. The molecule has 148 valence electrons. The predicted molar refractivity (Wildman–Crippen MR) is 108 cm³/mol. The van der Waals surface area contributed by atoms with Crippen LogP contribution in [-0.2, 0) is 10.2 Å². The number of amides is 1. The molecule has 5 rings (SSSR count). The third-order valence-corrected chi connectivity index (χ3v) is 7.49. The molecule has 2 aliphatic heterocycles. The Morgan fingerprint density at radius 3 is 2.82 bits per heavy atom. The van der Waals surface area contributed by atoms with E-state index in [4.69, 9.17) is 9.47 Å². The summed E-state index contributed by atoms with van der Waals surface area (Å²) in [6.07, 6.45) is 9.29. The number of ether oxygens (including phenoxy) is 2. The fourth-order valence-corrected chi connectivity index (χ4v) is 5.85. The highest BCUT2D eigenvalue weighted by molar-refractivity contribution is 7.09. The summed E-state index contributed by atoms with van der Waals surface area (Å²) in [5.74, 6) is 2.22. The number of nitrogens with zero attached hydrogens (tertiary/aromatic N) is 2. The third kappa shape index (κ3) is 3.08. The molecule has 1 aromatic heterocycles. The lowest BCUT2D eigenvalue weighted by Crippen LogP contribution is -2.51. The molecule has 1 saturated carbocycles. The lowest BCUT2D eigenvalue weighted by atomic mass is 9.68. The Morgan fingerprint density at radius 1 is 1.14 bits per heavy atom. The molecule has 0 N–H and O–H groups in total. The molecule has 1 aromatic carbocycles. The molecule has 2 fully saturated rings. The number of aromatic nitrogens is 1. The van der Waals surface area contributed by atoms with Crippen molar-refractivity contribution in [2.45, 2.75) is 56.3 Å². The number of piperidine rings is 1. The van der Waals surface area contributed by atoms with Crippen LogP contribution in [0.15, 0.2) is 29.8 Å². The number of thiazole rings is 1. The fourth-order valence-electron chi connectivity index (χ4n) is 5.08. The summed E-state index contributed by atoms with van der Waals surface area (Å²) in [6, 6.07) is 6.10. The molecule has 0 spiro atoms. The van der Waals surface area contributed by atoms with Crippen LogP contribution in [0.5, 0.6) is 11.5 Å². The van der Waals surface area contributed by atoms with Crippen LogP contribution >= 0.6 is 11.3 Å². The van der Waals surface area contributed by atoms with Crippen molar-refractivity contribution in [2.24, 2.45) is 0 Å². The molecule has 1 unspecified atom stereocenters. The van der Waals surface area contributed by atoms with Gasteiger partial charge in [-0.15, -0.1) is 11.3 Å². The Balaban J connectivity index is 1.45. The van der Waals surface area contributed by atoms with Crippen molar-refractivity contribution in [1.82, 2.24) is 9.88 Å². The van der Waals surface area contributed by atoms with Crippen LogP contribution in [0, 0.1) is 0 Å². The van der Waals surface area contributed by atoms with E-state index < -0.39 is 5.41 Å². The van der Waals surface area contributed by atoms with E-state index >= 15 is 0 Å². The maximum atomic E-state index is 13.9. The highest BCUT2D eigenvalue weighted by Crippen LogP contribution is 2.45. The molecule has 3 aliphatic rings. The van der Waals surface area contributed by atoms with Crippen LogP contribution in [0.1, 0.15) is 61.4 Å². The van der Waals surface area contributed by atoms with Crippen molar-refractivity contribution in [3.63, 3.8) is 0 Å². The summed E-state index contributed by atoms with van der Waals surface area (Å²) in [6.45, 7) is 1.91. The van der Waals surface area contributed by atoms with Crippen LogP contribution < -0.4 is 9.47 Å². The summed E-state index contributed by atoms with van der Waals surface area (Å²) in [5, 5.41) is 3.20. The molecule has 3 heterocycles. The first-order valence-electron chi connectivity index (χ1n) is 10.4. The maximum Gasteiger partial charge on any atom is 0.233 e. The van der Waals surface area contributed by atoms with Crippen LogP contribution in [-0.4, -0.2) is 35.7 Å². The number of carbonyl (C=O) groups excluding carboxylic acids is 1. The summed E-state index contributed by atoms with van der Waals surface area (Å²) in [5.41, 5.74) is 0.669. The first-order valence-corrected chi connectivity index (χ1v) is 11.2. The molecule has 28 heavy (non-hydrogen) atoms. The lowest BCUT2D eigenvalue weighted by Gasteiger charge is -2.42. The van der Waals surface area contributed by atoms with Crippen LogP contribution in [0.25, 0.3) is 0 Å². The molecule has 1 saturated heterocycles. The van der Waals surface area contributed by atoms with Gasteiger partial charge in [-0.25, -0.2) is 4.98 Å². The fraction of sp³-hybridized carbons (Fsp3) is 0.545. The van der Waals surface area contributed by atoms with Gasteiger partial charge in [0, 0.05) is 30.6 Å². The minimum Gasteiger partial charge on any atom is -0.454 e. The Labute approximate surface area is 169 Å². The van der Waals surface area contributed by atoms with Crippen molar-refractivity contribution >= 4 is 17.2 Å². The maximum absolute atomic E-state index is 13.9. The largest absolute Gasteiger partial charge is 0.454 e. The van der Waals surface area contributed by atoms with Crippen LogP contribution in [0.2, 0.25) is 0 Å². The topological polar surface area (TPSA) is 51.7 Å². The SMILES string of the molecule is O=C(N1CCCC(c2nccs2)C1)C1(c2ccc3c(c2)OCO3)CCCCC1. The zero-order valence-corrected chi connectivity index (χ0v) is 16.9. The molecule has 6 heteroatoms. The van der Waals surface area contributed by atoms with Gasteiger partial charge in [0.15, 0.2) is 11.5 Å². The van der Waals surface area contributed by atoms with Gasteiger partial charge in [0.2, 0.25) is 12.7 Å². The molecular formula is C22H26N2O3S. The Bertz CT molecular complexity index is 845. The van der Waals surface area contributed by atoms with Gasteiger partial charge in [0.25, 0.3) is 0 Å². The highest BCUT2D eigenvalue weighted by Gasteiger charge is 2.45. The van der Waals surface area contributed by atoms with E-state index in [1.165, 1.54) is 11.4 Å². The second-order valence-electron chi connectivity index (χ2n) is 8.17. The standard InChI is InChI=1S/C22H26N2O3S/c25-21(24-11-4-5-16(14-24)20-23-10-12-28-20)22(8-2-1-3-9-22)17-6-7-18-19(13-17)27-15-26-18/h6-7,10,12-13,16H,1-5,8-9,11,14-15H2. The summed E-state index contributed by atoms with van der Waals surface area (Å²) >= 11 is 1.71. The average molecular weight is 399 g/mol. The first-order chi connectivity index (χ1) is 13.8. The van der Waals surface area contributed by atoms with Gasteiger partial charge in [0.1, 0.15) is 0 Å². The van der Waals surface area contributed by atoms with Gasteiger partial charge in [-0.1, -0.05) is 25.3 Å². The molecule has 1 amide bonds. The molecule has 2 aromatic rings. The number of hydrogen-bond donors (Lipinski definition) is 0. The molecular weight excluding hydrogens is 372 g/mol. The Hall–Kier alpha value is -2.08. The van der Waals surface area contributed by atoms with Gasteiger partial charge < -0.3 is 14.4 Å². The molecule has 0 radical (unpaired) electrons. The minimum atomic E-state index is -0.427. The first kappa shape index (κ1) is 18.0. The molecule has 0 bridgehead atoms. The molecule has 5 nitrogen and oxygen atoms in total. The zero-order valence-electron chi connectivity index (χ0n) is 16.1. The molecule has 1 aliphatic carbocycles. The third-order valence-electron chi connectivity index (χ3n) is 6.55. The van der Waals surface area contributed by atoms with Crippen molar-refractivity contribution in [3.05, 3.63) is 40.3 Å². The Morgan fingerprint density at radius 2 is 2.00 bits per heavy atom. The van der Waals surface area contributed by atoms with Crippen LogP contribution in [0.3, 0.4) is 0 Å².